The van der Waals surface area contributed by atoms with E-state index in [-0.39, 0.29) is 18.6 Å². The first-order chi connectivity index (χ1) is 21.7. The average Bonchev–Trinajstić information content (AvgIpc) is 3.76. The molecule has 230 valence electrons. The fraction of sp³-hybridized carbons (Fsp3) is 0.242. The Morgan fingerprint density at radius 3 is 2.47 bits per heavy atom. The molecule has 1 aliphatic heterocycles. The van der Waals surface area contributed by atoms with Crippen LogP contribution in [0.2, 0.25) is 15.1 Å². The van der Waals surface area contributed by atoms with Gasteiger partial charge in [-0.25, -0.2) is 9.59 Å². The van der Waals surface area contributed by atoms with Crippen molar-refractivity contribution in [3.8, 4) is 28.8 Å². The molecule has 4 aromatic rings. The van der Waals surface area contributed by atoms with Crippen molar-refractivity contribution in [3.63, 3.8) is 0 Å². The number of anilines is 1. The normalized spacial score (nSPS) is 14.3. The van der Waals surface area contributed by atoms with Crippen molar-refractivity contribution >= 4 is 52.6 Å². The van der Waals surface area contributed by atoms with E-state index < -0.39 is 12.1 Å². The van der Waals surface area contributed by atoms with Crippen LogP contribution in [0.15, 0.2) is 59.1 Å². The smallest absolute Gasteiger partial charge is 0.407 e. The van der Waals surface area contributed by atoms with Gasteiger partial charge in [0.05, 0.1) is 39.3 Å². The minimum Gasteiger partial charge on any atom is -0.489 e. The number of benzene rings is 3. The monoisotopic (exact) mass is 665 g/mol. The second-order valence-corrected chi connectivity index (χ2v) is 12.0. The van der Waals surface area contributed by atoms with Gasteiger partial charge in [-0.05, 0) is 55.3 Å². The molecule has 1 aliphatic carbocycles. The molecule has 9 nitrogen and oxygen atoms in total. The third-order valence-corrected chi connectivity index (χ3v) is 8.45. The highest BCUT2D eigenvalue weighted by Gasteiger charge is 2.34. The number of rotatable bonds is 8. The van der Waals surface area contributed by atoms with Crippen molar-refractivity contribution in [2.24, 2.45) is 0 Å². The van der Waals surface area contributed by atoms with Crippen LogP contribution in [0.1, 0.15) is 51.6 Å². The maximum atomic E-state index is 12.3. The van der Waals surface area contributed by atoms with Gasteiger partial charge in [0.1, 0.15) is 23.8 Å². The number of aromatic nitrogens is 1. The van der Waals surface area contributed by atoms with Gasteiger partial charge in [-0.1, -0.05) is 57.9 Å². The van der Waals surface area contributed by atoms with E-state index in [9.17, 15) is 9.59 Å². The summed E-state index contributed by atoms with van der Waals surface area (Å²) >= 11 is 19.5. The summed E-state index contributed by atoms with van der Waals surface area (Å²) in [6, 6.07) is 15.5. The molecule has 0 radical (unpaired) electrons. The zero-order valence-corrected chi connectivity index (χ0v) is 26.2. The summed E-state index contributed by atoms with van der Waals surface area (Å²) in [4.78, 5) is 24.7. The molecule has 2 aliphatic rings. The van der Waals surface area contributed by atoms with E-state index in [2.05, 4.69) is 22.3 Å². The number of carbonyl (C=O) groups is 2. The number of hydrogen-bond acceptors (Lipinski definition) is 7. The highest BCUT2D eigenvalue weighted by molar-refractivity contribution is 6.39. The van der Waals surface area contributed by atoms with Gasteiger partial charge in [-0.3, -0.25) is 0 Å². The summed E-state index contributed by atoms with van der Waals surface area (Å²) in [5.41, 5.74) is 4.00. The summed E-state index contributed by atoms with van der Waals surface area (Å²) in [6.45, 7) is 0.864. The van der Waals surface area contributed by atoms with Crippen molar-refractivity contribution < 1.29 is 28.7 Å². The number of carbonyl (C=O) groups excluding carboxylic acids is 1. The third kappa shape index (κ3) is 6.84. The molecule has 1 aromatic heterocycles. The maximum absolute atomic E-state index is 12.3. The van der Waals surface area contributed by atoms with E-state index >= 15 is 0 Å². The molecular weight excluding hydrogens is 641 g/mol. The lowest BCUT2D eigenvalue weighted by molar-refractivity contribution is 0.0600. The van der Waals surface area contributed by atoms with Gasteiger partial charge in [0.2, 0.25) is 0 Å². The Hall–Kier alpha value is -4.36. The Balaban J connectivity index is 1.19. The average molecular weight is 667 g/mol. The second-order valence-electron chi connectivity index (χ2n) is 10.7. The van der Waals surface area contributed by atoms with Crippen LogP contribution in [0.5, 0.6) is 5.75 Å². The molecule has 0 atom stereocenters. The molecule has 2 heterocycles. The van der Waals surface area contributed by atoms with Crippen LogP contribution in [0.4, 0.5) is 10.5 Å². The lowest BCUT2D eigenvalue weighted by atomic mass is 10.0. The van der Waals surface area contributed by atoms with Crippen LogP contribution in [-0.4, -0.2) is 53.5 Å². The Morgan fingerprint density at radius 1 is 1.04 bits per heavy atom. The molecule has 0 spiro atoms. The van der Waals surface area contributed by atoms with Crippen molar-refractivity contribution in [2.75, 3.05) is 25.5 Å². The maximum Gasteiger partial charge on any atom is 0.407 e. The number of likely N-dealkylation sites (tertiary alicyclic amines) is 1. The van der Waals surface area contributed by atoms with Gasteiger partial charge in [0.15, 0.2) is 0 Å². The number of halogens is 3. The Morgan fingerprint density at radius 2 is 1.80 bits per heavy atom. The summed E-state index contributed by atoms with van der Waals surface area (Å²) in [6.07, 6.45) is 1.06. The van der Waals surface area contributed by atoms with E-state index in [4.69, 9.17) is 53.9 Å². The zero-order chi connectivity index (χ0) is 31.7. The lowest BCUT2D eigenvalue weighted by Gasteiger charge is -2.38. The van der Waals surface area contributed by atoms with E-state index in [1.54, 1.807) is 54.6 Å². The van der Waals surface area contributed by atoms with Crippen LogP contribution < -0.4 is 10.1 Å². The highest BCUT2D eigenvalue weighted by atomic mass is 35.5. The Labute approximate surface area is 273 Å². The van der Waals surface area contributed by atoms with Gasteiger partial charge in [0, 0.05) is 47.5 Å². The Kier molecular flexibility index (Phi) is 8.81. The summed E-state index contributed by atoms with van der Waals surface area (Å²) in [5, 5.41) is 18.0. The minimum absolute atomic E-state index is 0.0762. The number of carboxylic acid groups (broad SMARTS) is 1. The summed E-state index contributed by atoms with van der Waals surface area (Å²) in [5.74, 6) is 7.19. The van der Waals surface area contributed by atoms with E-state index in [1.165, 1.54) is 12.0 Å². The number of esters is 1. The lowest BCUT2D eigenvalue weighted by Crippen LogP contribution is -2.56. The first-order valence-corrected chi connectivity index (χ1v) is 15.2. The third-order valence-electron chi connectivity index (χ3n) is 7.51. The standard InChI is InChI=1S/C33H26Cl3N3O6/c1-43-32(40)21-11-18(12-22(13-21)37-23-15-39(16-23)33(41)42)5-6-19-9-10-24(14-28(19)36)44-17-25-30(38-45-31(25)20-7-8-20)29-26(34)3-2-4-27(29)35/h2-4,9-14,20,23,37H,7-8,15-17H2,1H3,(H,41,42). The molecule has 12 heteroatoms. The van der Waals surface area contributed by atoms with Crippen molar-refractivity contribution in [1.29, 1.82) is 0 Å². The molecule has 1 amide bonds. The number of nitrogens with one attached hydrogen (secondary N) is 1. The van der Waals surface area contributed by atoms with Crippen LogP contribution in [0.3, 0.4) is 0 Å². The molecule has 6 rings (SSSR count). The summed E-state index contributed by atoms with van der Waals surface area (Å²) < 4.78 is 16.8. The van der Waals surface area contributed by atoms with Crippen LogP contribution in [0, 0.1) is 11.8 Å². The fourth-order valence-electron chi connectivity index (χ4n) is 5.01. The molecule has 0 bridgehead atoms. The van der Waals surface area contributed by atoms with Gasteiger partial charge in [-0.2, -0.15) is 0 Å². The predicted octanol–water partition coefficient (Wildman–Crippen LogP) is 7.72. The first-order valence-electron chi connectivity index (χ1n) is 14.0. The molecule has 0 unspecified atom stereocenters. The molecule has 3 aromatic carbocycles. The molecule has 1 saturated carbocycles. The van der Waals surface area contributed by atoms with E-state index in [1.807, 2.05) is 0 Å². The van der Waals surface area contributed by atoms with Crippen molar-refractivity contribution in [1.82, 2.24) is 10.1 Å². The second kappa shape index (κ2) is 12.9. The van der Waals surface area contributed by atoms with Gasteiger partial charge in [-0.15, -0.1) is 0 Å². The summed E-state index contributed by atoms with van der Waals surface area (Å²) in [7, 11) is 1.30. The largest absolute Gasteiger partial charge is 0.489 e. The van der Waals surface area contributed by atoms with Crippen LogP contribution in [0.25, 0.3) is 11.3 Å². The van der Waals surface area contributed by atoms with Crippen LogP contribution in [-0.2, 0) is 11.3 Å². The van der Waals surface area contributed by atoms with E-state index in [0.717, 1.165) is 24.2 Å². The van der Waals surface area contributed by atoms with Gasteiger partial charge >= 0.3 is 12.1 Å². The quantitative estimate of drug-likeness (QED) is 0.145. The number of hydrogen-bond donors (Lipinski definition) is 2. The van der Waals surface area contributed by atoms with Gasteiger partial charge < -0.3 is 29.3 Å². The fourth-order valence-corrected chi connectivity index (χ4v) is 5.81. The number of nitrogens with zero attached hydrogens (tertiary/aromatic N) is 2. The molecule has 45 heavy (non-hydrogen) atoms. The Bertz CT molecular complexity index is 1830. The zero-order valence-electron chi connectivity index (χ0n) is 23.9. The van der Waals surface area contributed by atoms with Crippen molar-refractivity contribution in [3.05, 3.63) is 97.7 Å². The minimum atomic E-state index is -0.968. The number of ether oxygens (including phenoxy) is 2. The number of methoxy groups -OCH3 is 1. The topological polar surface area (TPSA) is 114 Å². The SMILES string of the molecule is COC(=O)c1cc(C#Cc2ccc(OCc3c(-c4c(Cl)cccc4Cl)noc3C3CC3)cc2Cl)cc(NC2CN(C(=O)O)C2)c1. The molecule has 2 fully saturated rings. The highest BCUT2D eigenvalue weighted by Crippen LogP contribution is 2.46. The van der Waals surface area contributed by atoms with Crippen molar-refractivity contribution in [2.45, 2.75) is 31.4 Å². The van der Waals surface area contributed by atoms with E-state index in [0.29, 0.717) is 67.5 Å². The molecular formula is C33H26Cl3N3O6. The predicted molar refractivity (Wildman–Crippen MR) is 170 cm³/mol. The molecule has 2 N–H and O–H groups in total. The van der Waals surface area contributed by atoms with Crippen LogP contribution >= 0.6 is 34.8 Å². The van der Waals surface area contributed by atoms with Gasteiger partial charge in [0.25, 0.3) is 0 Å². The first kappa shape index (κ1) is 30.7. The molecule has 1 saturated heterocycles. The number of amides is 1.